The van der Waals surface area contributed by atoms with Crippen molar-refractivity contribution in [3.05, 3.63) is 46.7 Å². The molecule has 2 N–H and O–H groups in total. The molecular weight excluding hydrogens is 280 g/mol. The van der Waals surface area contributed by atoms with Gasteiger partial charge in [0.25, 0.3) is 0 Å². The minimum atomic E-state index is -0.492. The van der Waals surface area contributed by atoms with E-state index in [4.69, 9.17) is 4.74 Å². The first-order valence-corrected chi connectivity index (χ1v) is 7.40. The van der Waals surface area contributed by atoms with E-state index in [9.17, 15) is 9.59 Å². The van der Waals surface area contributed by atoms with Crippen LogP contribution in [0.4, 0.5) is 4.79 Å². The normalized spacial score (nSPS) is 18.0. The highest BCUT2D eigenvalue weighted by atomic mass is 16.5. The third-order valence-corrected chi connectivity index (χ3v) is 3.45. The number of carbonyl (C=O) groups excluding carboxylic acids is 2. The standard InChI is InChI=1S/C17H22N2O3/c1-10(2)9-22-16(20)14-12(4)18-17(21)19-15(14)13-7-5-11(3)6-8-13/h5-8,10,15H,9H2,1-4H3,(H2,18,19,21)/t15-/m1/s1. The predicted molar refractivity (Wildman–Crippen MR) is 84.1 cm³/mol. The van der Waals surface area contributed by atoms with Crippen LogP contribution in [-0.4, -0.2) is 18.6 Å². The van der Waals surface area contributed by atoms with Crippen LogP contribution in [0.2, 0.25) is 0 Å². The molecule has 1 aromatic rings. The Balaban J connectivity index is 2.32. The number of amides is 2. The summed E-state index contributed by atoms with van der Waals surface area (Å²) in [5.41, 5.74) is 2.96. The van der Waals surface area contributed by atoms with Crippen molar-refractivity contribution < 1.29 is 14.3 Å². The zero-order valence-corrected chi connectivity index (χ0v) is 13.4. The molecule has 1 heterocycles. The van der Waals surface area contributed by atoms with Crippen molar-refractivity contribution in [2.75, 3.05) is 6.61 Å². The molecule has 0 bridgehead atoms. The lowest BCUT2D eigenvalue weighted by molar-refractivity contribution is -0.140. The zero-order valence-electron chi connectivity index (χ0n) is 13.4. The fourth-order valence-corrected chi connectivity index (χ4v) is 2.29. The Morgan fingerprint density at radius 3 is 2.45 bits per heavy atom. The van der Waals surface area contributed by atoms with Gasteiger partial charge < -0.3 is 15.4 Å². The van der Waals surface area contributed by atoms with Gasteiger partial charge in [0, 0.05) is 5.70 Å². The molecule has 0 radical (unpaired) electrons. The lowest BCUT2D eigenvalue weighted by Gasteiger charge is -2.28. The monoisotopic (exact) mass is 302 g/mol. The number of hydrogen-bond acceptors (Lipinski definition) is 3. The molecule has 0 saturated carbocycles. The third kappa shape index (κ3) is 3.67. The Bertz CT molecular complexity index is 603. The minimum Gasteiger partial charge on any atom is -0.462 e. The van der Waals surface area contributed by atoms with Crippen molar-refractivity contribution >= 4 is 12.0 Å². The molecular formula is C17H22N2O3. The number of hydrogen-bond donors (Lipinski definition) is 2. The summed E-state index contributed by atoms with van der Waals surface area (Å²) in [4.78, 5) is 24.1. The van der Waals surface area contributed by atoms with E-state index >= 15 is 0 Å². The second kappa shape index (κ2) is 6.64. The lowest BCUT2D eigenvalue weighted by atomic mass is 9.95. The summed E-state index contributed by atoms with van der Waals surface area (Å²) >= 11 is 0. The van der Waals surface area contributed by atoms with Crippen LogP contribution in [0.3, 0.4) is 0 Å². The smallest absolute Gasteiger partial charge is 0.338 e. The van der Waals surface area contributed by atoms with E-state index in [-0.39, 0.29) is 11.9 Å². The Labute approximate surface area is 130 Å². The number of aryl methyl sites for hydroxylation is 1. The highest BCUT2D eigenvalue weighted by Gasteiger charge is 2.32. The summed E-state index contributed by atoms with van der Waals surface area (Å²) in [6.45, 7) is 8.01. The van der Waals surface area contributed by atoms with Crippen LogP contribution in [-0.2, 0) is 9.53 Å². The molecule has 2 rings (SSSR count). The van der Waals surface area contributed by atoms with E-state index in [0.717, 1.165) is 11.1 Å². The first kappa shape index (κ1) is 16.1. The molecule has 1 aliphatic rings. The second-order valence-electron chi connectivity index (χ2n) is 5.97. The molecule has 22 heavy (non-hydrogen) atoms. The van der Waals surface area contributed by atoms with E-state index in [2.05, 4.69) is 10.6 Å². The number of ether oxygens (including phenoxy) is 1. The van der Waals surface area contributed by atoms with E-state index in [1.165, 1.54) is 0 Å². The number of nitrogens with one attached hydrogen (secondary N) is 2. The maximum Gasteiger partial charge on any atom is 0.338 e. The number of carbonyl (C=O) groups is 2. The third-order valence-electron chi connectivity index (χ3n) is 3.45. The van der Waals surface area contributed by atoms with Crippen molar-refractivity contribution in [1.82, 2.24) is 10.6 Å². The fourth-order valence-electron chi connectivity index (χ4n) is 2.29. The van der Waals surface area contributed by atoms with Crippen LogP contribution in [0, 0.1) is 12.8 Å². The molecule has 1 atom stereocenters. The molecule has 5 nitrogen and oxygen atoms in total. The van der Waals surface area contributed by atoms with E-state index < -0.39 is 12.0 Å². The first-order chi connectivity index (χ1) is 10.4. The number of allylic oxidation sites excluding steroid dienone is 1. The Hall–Kier alpha value is -2.30. The first-order valence-electron chi connectivity index (χ1n) is 7.40. The van der Waals surface area contributed by atoms with Gasteiger partial charge in [0.15, 0.2) is 0 Å². The van der Waals surface area contributed by atoms with E-state index in [1.54, 1.807) is 6.92 Å². The van der Waals surface area contributed by atoms with Crippen LogP contribution in [0.25, 0.3) is 0 Å². The Kier molecular flexibility index (Phi) is 4.85. The lowest BCUT2D eigenvalue weighted by Crippen LogP contribution is -2.45. The average Bonchev–Trinajstić information content (AvgIpc) is 2.44. The quantitative estimate of drug-likeness (QED) is 0.840. The van der Waals surface area contributed by atoms with Gasteiger partial charge in [0.05, 0.1) is 18.2 Å². The van der Waals surface area contributed by atoms with Gasteiger partial charge >= 0.3 is 12.0 Å². The van der Waals surface area contributed by atoms with Gasteiger partial charge in [-0.3, -0.25) is 0 Å². The van der Waals surface area contributed by atoms with Crippen LogP contribution in [0.15, 0.2) is 35.5 Å². The van der Waals surface area contributed by atoms with E-state index in [1.807, 2.05) is 45.0 Å². The second-order valence-corrected chi connectivity index (χ2v) is 5.97. The summed E-state index contributed by atoms with van der Waals surface area (Å²) in [6.07, 6.45) is 0. The van der Waals surface area contributed by atoms with Gasteiger partial charge in [-0.2, -0.15) is 0 Å². The summed E-state index contributed by atoms with van der Waals surface area (Å²) in [5, 5.41) is 5.43. The molecule has 0 fully saturated rings. The highest BCUT2D eigenvalue weighted by Crippen LogP contribution is 2.27. The maximum absolute atomic E-state index is 12.4. The summed E-state index contributed by atoms with van der Waals surface area (Å²) in [6, 6.07) is 6.92. The molecule has 0 unspecified atom stereocenters. The SMILES string of the molecule is CC1=C(C(=O)OCC(C)C)[C@@H](c2ccc(C)cc2)NC(=O)N1. The molecule has 0 aliphatic carbocycles. The summed E-state index contributed by atoms with van der Waals surface area (Å²) < 4.78 is 5.34. The van der Waals surface area contributed by atoms with Crippen LogP contribution < -0.4 is 10.6 Å². The van der Waals surface area contributed by atoms with Crippen molar-refractivity contribution in [1.29, 1.82) is 0 Å². The van der Waals surface area contributed by atoms with Gasteiger partial charge in [0.2, 0.25) is 0 Å². The number of esters is 1. The predicted octanol–water partition coefficient (Wildman–Crippen LogP) is 2.82. The fraction of sp³-hybridized carbons (Fsp3) is 0.412. The largest absolute Gasteiger partial charge is 0.462 e. The van der Waals surface area contributed by atoms with Gasteiger partial charge in [0.1, 0.15) is 0 Å². The van der Waals surface area contributed by atoms with Gasteiger partial charge in [-0.25, -0.2) is 9.59 Å². The molecule has 5 heteroatoms. The van der Waals surface area contributed by atoms with Gasteiger partial charge in [-0.1, -0.05) is 43.7 Å². The van der Waals surface area contributed by atoms with Crippen molar-refractivity contribution in [2.24, 2.45) is 5.92 Å². The molecule has 1 aliphatic heterocycles. The molecule has 0 spiro atoms. The van der Waals surface area contributed by atoms with Gasteiger partial charge in [-0.15, -0.1) is 0 Å². The molecule has 0 saturated heterocycles. The number of benzene rings is 1. The van der Waals surface area contributed by atoms with Crippen LogP contribution in [0.5, 0.6) is 0 Å². The Morgan fingerprint density at radius 2 is 1.86 bits per heavy atom. The molecule has 0 aromatic heterocycles. The van der Waals surface area contributed by atoms with Crippen LogP contribution in [0.1, 0.15) is 37.9 Å². The molecule has 2 amide bonds. The van der Waals surface area contributed by atoms with Crippen molar-refractivity contribution in [3.8, 4) is 0 Å². The topological polar surface area (TPSA) is 67.4 Å². The number of rotatable bonds is 4. The maximum atomic E-state index is 12.4. The summed E-state index contributed by atoms with van der Waals surface area (Å²) in [7, 11) is 0. The number of urea groups is 1. The minimum absolute atomic E-state index is 0.258. The average molecular weight is 302 g/mol. The van der Waals surface area contributed by atoms with Crippen LogP contribution >= 0.6 is 0 Å². The molecule has 1 aromatic carbocycles. The van der Waals surface area contributed by atoms with E-state index in [0.29, 0.717) is 17.9 Å². The molecule has 118 valence electrons. The van der Waals surface area contributed by atoms with Crippen molar-refractivity contribution in [3.63, 3.8) is 0 Å². The highest BCUT2D eigenvalue weighted by molar-refractivity contribution is 5.95. The van der Waals surface area contributed by atoms with Crippen molar-refractivity contribution in [2.45, 2.75) is 33.7 Å². The summed E-state index contributed by atoms with van der Waals surface area (Å²) in [5.74, 6) is -0.141. The zero-order chi connectivity index (χ0) is 16.3. The Morgan fingerprint density at radius 1 is 1.23 bits per heavy atom. The van der Waals surface area contributed by atoms with Gasteiger partial charge in [-0.05, 0) is 25.3 Å².